The third-order valence-corrected chi connectivity index (χ3v) is 8.75. The van der Waals surface area contributed by atoms with Gasteiger partial charge in [0.1, 0.15) is 36.2 Å². The van der Waals surface area contributed by atoms with Gasteiger partial charge in [-0.05, 0) is 59.1 Å². The standard InChI is InChI=1S/C38H33BrO9/c1-22-33-35(38(23(2)47-22)48-32(40)21-46-30-17-26(43-3)14-15-29(30)39)36(41)28-16-27(44-19-24-10-6-4-7-11-24)18-31(34(28)37(33)42)45-20-25-12-8-5-9-13-25/h4-18,22-23,38H,19-21H2,1-3H3/t22-,23-,38-/m1/s1. The van der Waals surface area contributed by atoms with Crippen molar-refractivity contribution in [2.45, 2.75) is 45.4 Å². The van der Waals surface area contributed by atoms with Crippen molar-refractivity contribution in [3.05, 3.63) is 129 Å². The lowest BCUT2D eigenvalue weighted by Gasteiger charge is -2.38. The second-order valence-corrected chi connectivity index (χ2v) is 12.2. The van der Waals surface area contributed by atoms with E-state index in [9.17, 15) is 14.4 Å². The highest BCUT2D eigenvalue weighted by atomic mass is 79.9. The Morgan fingerprint density at radius 2 is 1.40 bits per heavy atom. The zero-order chi connectivity index (χ0) is 33.8. The Morgan fingerprint density at radius 3 is 2.06 bits per heavy atom. The quantitative estimate of drug-likeness (QED) is 0.151. The van der Waals surface area contributed by atoms with E-state index in [0.717, 1.165) is 11.1 Å². The third-order valence-electron chi connectivity index (χ3n) is 8.09. The van der Waals surface area contributed by atoms with Gasteiger partial charge in [0.2, 0.25) is 0 Å². The van der Waals surface area contributed by atoms with Crippen molar-refractivity contribution in [1.29, 1.82) is 0 Å². The molecule has 0 aromatic heterocycles. The van der Waals surface area contributed by atoms with Gasteiger partial charge in [0.15, 0.2) is 24.3 Å². The van der Waals surface area contributed by atoms with E-state index in [4.69, 9.17) is 28.4 Å². The average molecular weight is 714 g/mol. The van der Waals surface area contributed by atoms with E-state index in [1.165, 1.54) is 7.11 Å². The summed E-state index contributed by atoms with van der Waals surface area (Å²) in [5, 5.41) is 0. The first kappa shape index (κ1) is 33.0. The van der Waals surface area contributed by atoms with Gasteiger partial charge in [0.25, 0.3) is 0 Å². The first-order chi connectivity index (χ1) is 23.2. The molecular weight excluding hydrogens is 680 g/mol. The number of rotatable bonds is 11. The van der Waals surface area contributed by atoms with E-state index in [0.29, 0.717) is 21.7 Å². The highest BCUT2D eigenvalue weighted by Gasteiger charge is 2.47. The molecule has 0 bridgehead atoms. The summed E-state index contributed by atoms with van der Waals surface area (Å²) < 4.78 is 35.7. The molecule has 0 saturated carbocycles. The van der Waals surface area contributed by atoms with Crippen LogP contribution in [0, 0.1) is 0 Å². The summed E-state index contributed by atoms with van der Waals surface area (Å²) in [7, 11) is 1.52. The number of methoxy groups -OCH3 is 1. The molecule has 0 amide bonds. The number of ketones is 2. The van der Waals surface area contributed by atoms with Gasteiger partial charge in [-0.15, -0.1) is 0 Å². The minimum absolute atomic E-state index is 0.0730. The third kappa shape index (κ3) is 7.00. The molecule has 0 saturated heterocycles. The highest BCUT2D eigenvalue weighted by molar-refractivity contribution is 9.10. The van der Waals surface area contributed by atoms with Crippen molar-refractivity contribution >= 4 is 33.5 Å². The molecule has 48 heavy (non-hydrogen) atoms. The Balaban J connectivity index is 1.31. The molecule has 6 rings (SSSR count). The van der Waals surface area contributed by atoms with Gasteiger partial charge in [-0.3, -0.25) is 9.59 Å². The number of esters is 1. The molecule has 1 aliphatic heterocycles. The van der Waals surface area contributed by atoms with Gasteiger partial charge in [0.05, 0.1) is 34.9 Å². The Hall–Kier alpha value is -4.93. The minimum atomic E-state index is -1.16. The van der Waals surface area contributed by atoms with Crippen LogP contribution in [0.2, 0.25) is 0 Å². The molecule has 0 unspecified atom stereocenters. The van der Waals surface area contributed by atoms with Crippen LogP contribution in [-0.2, 0) is 27.5 Å². The maximum absolute atomic E-state index is 14.4. The van der Waals surface area contributed by atoms with Crippen LogP contribution in [0.1, 0.15) is 45.7 Å². The molecule has 0 fully saturated rings. The predicted molar refractivity (Wildman–Crippen MR) is 180 cm³/mol. The number of carbonyl (C=O) groups excluding carboxylic acids is 3. The van der Waals surface area contributed by atoms with Gasteiger partial charge in [0, 0.05) is 23.3 Å². The molecule has 0 radical (unpaired) electrons. The maximum Gasteiger partial charge on any atom is 0.344 e. The fourth-order valence-corrected chi connectivity index (χ4v) is 6.13. The molecule has 1 aliphatic carbocycles. The number of hydrogen-bond acceptors (Lipinski definition) is 9. The summed E-state index contributed by atoms with van der Waals surface area (Å²) in [4.78, 5) is 41.8. The molecule has 2 aliphatic rings. The molecule has 0 spiro atoms. The van der Waals surface area contributed by atoms with Crippen LogP contribution in [0.5, 0.6) is 23.0 Å². The summed E-state index contributed by atoms with van der Waals surface area (Å²) in [5.74, 6) is -0.171. The molecule has 4 aromatic carbocycles. The number of hydrogen-bond donors (Lipinski definition) is 0. The topological polar surface area (TPSA) is 107 Å². The van der Waals surface area contributed by atoms with Crippen LogP contribution in [0.3, 0.4) is 0 Å². The van der Waals surface area contributed by atoms with Crippen LogP contribution >= 0.6 is 15.9 Å². The van der Waals surface area contributed by atoms with Crippen molar-refractivity contribution in [3.8, 4) is 23.0 Å². The zero-order valence-corrected chi connectivity index (χ0v) is 28.2. The lowest BCUT2D eigenvalue weighted by molar-refractivity contribution is -0.158. The van der Waals surface area contributed by atoms with Crippen LogP contribution in [0.15, 0.2) is 107 Å². The fraction of sp³-hybridized carbons (Fsp3) is 0.237. The number of Topliss-reactive ketones (excluding diaryl/α,β-unsaturated/α-hetero) is 2. The Kier molecular flexibility index (Phi) is 9.93. The smallest absolute Gasteiger partial charge is 0.344 e. The van der Waals surface area contributed by atoms with Crippen LogP contribution < -0.4 is 18.9 Å². The van der Waals surface area contributed by atoms with Crippen LogP contribution in [-0.4, -0.2) is 49.6 Å². The fourth-order valence-electron chi connectivity index (χ4n) is 5.77. The van der Waals surface area contributed by atoms with Gasteiger partial charge >= 0.3 is 5.97 Å². The van der Waals surface area contributed by atoms with Crippen LogP contribution in [0.4, 0.5) is 0 Å². The molecule has 3 atom stereocenters. The van der Waals surface area contributed by atoms with Gasteiger partial charge in [-0.2, -0.15) is 0 Å². The van der Waals surface area contributed by atoms with E-state index in [1.54, 1.807) is 44.2 Å². The number of carbonyl (C=O) groups is 3. The number of fused-ring (bicyclic) bond motifs is 1. The van der Waals surface area contributed by atoms with Gasteiger partial charge in [-0.25, -0.2) is 4.79 Å². The van der Waals surface area contributed by atoms with E-state index < -0.39 is 42.5 Å². The molecule has 4 aromatic rings. The first-order valence-electron chi connectivity index (χ1n) is 15.4. The normalized spacial score (nSPS) is 18.5. The minimum Gasteiger partial charge on any atom is -0.497 e. The molecular formula is C38H33BrO9. The number of benzene rings is 4. The highest BCUT2D eigenvalue weighted by Crippen LogP contribution is 2.42. The lowest BCUT2D eigenvalue weighted by Crippen LogP contribution is -2.47. The zero-order valence-electron chi connectivity index (χ0n) is 26.6. The van der Waals surface area contributed by atoms with Crippen molar-refractivity contribution in [2.24, 2.45) is 0 Å². The summed E-state index contributed by atoms with van der Waals surface area (Å²) in [6.45, 7) is 3.33. The van der Waals surface area contributed by atoms with Crippen molar-refractivity contribution in [2.75, 3.05) is 13.7 Å². The molecule has 9 nitrogen and oxygen atoms in total. The summed E-state index contributed by atoms with van der Waals surface area (Å²) in [5.41, 5.74) is 2.23. The predicted octanol–water partition coefficient (Wildman–Crippen LogP) is 7.09. The van der Waals surface area contributed by atoms with Gasteiger partial charge < -0.3 is 28.4 Å². The summed E-state index contributed by atoms with van der Waals surface area (Å²) in [6.07, 6.45) is -2.63. The molecule has 1 heterocycles. The van der Waals surface area contributed by atoms with E-state index in [-0.39, 0.29) is 41.2 Å². The van der Waals surface area contributed by atoms with E-state index >= 15 is 0 Å². The summed E-state index contributed by atoms with van der Waals surface area (Å²) >= 11 is 3.40. The molecule has 246 valence electrons. The largest absolute Gasteiger partial charge is 0.497 e. The Bertz CT molecular complexity index is 1870. The van der Waals surface area contributed by atoms with E-state index in [2.05, 4.69) is 15.9 Å². The monoisotopic (exact) mass is 712 g/mol. The van der Waals surface area contributed by atoms with Crippen molar-refractivity contribution in [1.82, 2.24) is 0 Å². The average Bonchev–Trinajstić information content (AvgIpc) is 3.10. The maximum atomic E-state index is 14.4. The second-order valence-electron chi connectivity index (χ2n) is 11.4. The summed E-state index contributed by atoms with van der Waals surface area (Å²) in [6, 6.07) is 27.4. The van der Waals surface area contributed by atoms with Crippen molar-refractivity contribution in [3.63, 3.8) is 0 Å². The van der Waals surface area contributed by atoms with Crippen molar-refractivity contribution < 1.29 is 42.8 Å². The lowest BCUT2D eigenvalue weighted by atomic mass is 9.77. The number of halogens is 1. The Labute approximate surface area is 286 Å². The molecule has 10 heteroatoms. The second kappa shape index (κ2) is 14.5. The van der Waals surface area contributed by atoms with Crippen LogP contribution in [0.25, 0.3) is 0 Å². The first-order valence-corrected chi connectivity index (χ1v) is 16.2. The number of ether oxygens (including phenoxy) is 6. The van der Waals surface area contributed by atoms with Gasteiger partial charge in [-0.1, -0.05) is 60.7 Å². The molecule has 0 N–H and O–H groups in total. The van der Waals surface area contributed by atoms with E-state index in [1.807, 2.05) is 60.7 Å². The Morgan fingerprint density at radius 1 is 0.750 bits per heavy atom. The SMILES string of the molecule is COc1ccc(Br)c(OCC(=O)O[C@H]2C3=C(C(=O)c4c(OCc5ccccc5)cc(OCc5ccccc5)cc4C3=O)[C@@H](C)O[C@@H]2C)c1.